The molecule has 1 aliphatic rings. The van der Waals surface area contributed by atoms with E-state index in [4.69, 9.17) is 5.73 Å². The number of carbonyl (C=O) groups is 1. The van der Waals surface area contributed by atoms with Crippen molar-refractivity contribution in [1.82, 2.24) is 4.90 Å². The van der Waals surface area contributed by atoms with Gasteiger partial charge in [-0.2, -0.15) is 0 Å². The second-order valence-corrected chi connectivity index (χ2v) is 5.99. The molecule has 0 radical (unpaired) electrons. The van der Waals surface area contributed by atoms with Crippen LogP contribution in [0.4, 0.5) is 11.4 Å². The van der Waals surface area contributed by atoms with Gasteiger partial charge in [0.2, 0.25) is 5.91 Å². The Hall–Kier alpha value is -2.33. The summed E-state index contributed by atoms with van der Waals surface area (Å²) in [7, 11) is 0. The molecule has 3 rings (SSSR count). The van der Waals surface area contributed by atoms with Gasteiger partial charge < -0.3 is 11.1 Å². The van der Waals surface area contributed by atoms with Gasteiger partial charge in [-0.25, -0.2) is 0 Å². The molecule has 1 amide bonds. The third-order valence-electron chi connectivity index (χ3n) is 4.34. The summed E-state index contributed by atoms with van der Waals surface area (Å²) >= 11 is 0. The van der Waals surface area contributed by atoms with Crippen molar-refractivity contribution in [3.05, 3.63) is 60.2 Å². The Balaban J connectivity index is 1.85. The predicted octanol–water partition coefficient (Wildman–Crippen LogP) is 3.43. The number of para-hydroxylation sites is 2. The van der Waals surface area contributed by atoms with Gasteiger partial charge in [0.05, 0.1) is 11.4 Å². The van der Waals surface area contributed by atoms with Crippen molar-refractivity contribution in [3.63, 3.8) is 0 Å². The second-order valence-electron chi connectivity index (χ2n) is 5.99. The Morgan fingerprint density at radius 2 is 1.61 bits per heavy atom. The van der Waals surface area contributed by atoms with E-state index in [0.717, 1.165) is 31.5 Å². The molecule has 1 heterocycles. The van der Waals surface area contributed by atoms with E-state index < -0.39 is 0 Å². The van der Waals surface area contributed by atoms with Gasteiger partial charge in [-0.15, -0.1) is 0 Å². The van der Waals surface area contributed by atoms with Gasteiger partial charge in [0.15, 0.2) is 0 Å². The minimum Gasteiger partial charge on any atom is -0.397 e. The van der Waals surface area contributed by atoms with Crippen molar-refractivity contribution < 1.29 is 4.79 Å². The summed E-state index contributed by atoms with van der Waals surface area (Å²) in [5.74, 6) is -0.0176. The number of nitrogens with zero attached hydrogens (tertiary/aromatic N) is 1. The highest BCUT2D eigenvalue weighted by atomic mass is 16.2. The summed E-state index contributed by atoms with van der Waals surface area (Å²) in [4.78, 5) is 15.2. The predicted molar refractivity (Wildman–Crippen MR) is 94.1 cm³/mol. The lowest BCUT2D eigenvalue weighted by molar-refractivity contribution is -0.122. The number of hydrogen-bond donors (Lipinski definition) is 2. The first-order valence-corrected chi connectivity index (χ1v) is 8.20. The average molecular weight is 309 g/mol. The van der Waals surface area contributed by atoms with Crippen LogP contribution < -0.4 is 11.1 Å². The van der Waals surface area contributed by atoms with Gasteiger partial charge in [-0.3, -0.25) is 9.69 Å². The molecule has 1 unspecified atom stereocenters. The molecule has 0 aliphatic carbocycles. The van der Waals surface area contributed by atoms with Gasteiger partial charge in [0, 0.05) is 0 Å². The molecular weight excluding hydrogens is 286 g/mol. The molecule has 0 saturated carbocycles. The van der Waals surface area contributed by atoms with Crippen LogP contribution in [0.1, 0.15) is 30.9 Å². The van der Waals surface area contributed by atoms with Gasteiger partial charge in [-0.1, -0.05) is 48.9 Å². The molecule has 23 heavy (non-hydrogen) atoms. The zero-order valence-electron chi connectivity index (χ0n) is 13.2. The minimum absolute atomic E-state index is 0.0176. The molecule has 1 saturated heterocycles. The lowest BCUT2D eigenvalue weighted by atomic mass is 10.0. The summed E-state index contributed by atoms with van der Waals surface area (Å²) in [6.45, 7) is 1.91. The van der Waals surface area contributed by atoms with E-state index in [0.29, 0.717) is 11.4 Å². The van der Waals surface area contributed by atoms with Crippen molar-refractivity contribution in [1.29, 1.82) is 0 Å². The van der Waals surface area contributed by atoms with Crippen molar-refractivity contribution in [2.24, 2.45) is 0 Å². The maximum atomic E-state index is 13.0. The van der Waals surface area contributed by atoms with Crippen LogP contribution in [0.2, 0.25) is 0 Å². The number of likely N-dealkylation sites (tertiary alicyclic amines) is 1. The molecule has 4 heteroatoms. The number of nitrogens with one attached hydrogen (secondary N) is 1. The van der Waals surface area contributed by atoms with Crippen LogP contribution in [0.5, 0.6) is 0 Å². The van der Waals surface area contributed by atoms with Crippen LogP contribution >= 0.6 is 0 Å². The molecule has 120 valence electrons. The fourth-order valence-electron chi connectivity index (χ4n) is 3.15. The first kappa shape index (κ1) is 15.6. The number of benzene rings is 2. The summed E-state index contributed by atoms with van der Waals surface area (Å²) in [6, 6.07) is 17.1. The van der Waals surface area contributed by atoms with Crippen molar-refractivity contribution in [2.75, 3.05) is 24.1 Å². The summed E-state index contributed by atoms with van der Waals surface area (Å²) in [6.07, 6.45) is 3.53. The summed E-state index contributed by atoms with van der Waals surface area (Å²) in [5, 5.41) is 3.00. The van der Waals surface area contributed by atoms with E-state index in [-0.39, 0.29) is 11.9 Å². The van der Waals surface area contributed by atoms with Crippen molar-refractivity contribution >= 4 is 17.3 Å². The molecule has 0 bridgehead atoms. The van der Waals surface area contributed by atoms with E-state index in [2.05, 4.69) is 10.2 Å². The molecule has 2 aromatic carbocycles. The Bertz CT molecular complexity index is 651. The molecule has 1 fully saturated rings. The van der Waals surface area contributed by atoms with Gasteiger partial charge in [0.25, 0.3) is 0 Å². The highest BCUT2D eigenvalue weighted by molar-refractivity contribution is 5.97. The molecule has 1 atom stereocenters. The smallest absolute Gasteiger partial charge is 0.246 e. The average Bonchev–Trinajstić information content (AvgIpc) is 2.59. The largest absolute Gasteiger partial charge is 0.397 e. The molecule has 1 aliphatic heterocycles. The Labute approximate surface area is 137 Å². The summed E-state index contributed by atoms with van der Waals surface area (Å²) in [5.41, 5.74) is 8.25. The fraction of sp³-hybridized carbons (Fsp3) is 0.316. The first-order chi connectivity index (χ1) is 11.3. The SMILES string of the molecule is Nc1ccccc1NC(=O)C(c1ccccc1)N1CCCCC1. The van der Waals surface area contributed by atoms with Gasteiger partial charge in [0.1, 0.15) is 6.04 Å². The molecule has 3 N–H and O–H groups in total. The quantitative estimate of drug-likeness (QED) is 0.851. The number of carbonyl (C=O) groups excluding carboxylic acids is 1. The van der Waals surface area contributed by atoms with E-state index in [1.807, 2.05) is 48.5 Å². The fourth-order valence-corrected chi connectivity index (χ4v) is 3.15. The first-order valence-electron chi connectivity index (χ1n) is 8.20. The molecule has 0 spiro atoms. The molecule has 0 aromatic heterocycles. The lowest BCUT2D eigenvalue weighted by Crippen LogP contribution is -2.40. The van der Waals surface area contributed by atoms with Crippen molar-refractivity contribution in [2.45, 2.75) is 25.3 Å². The van der Waals surface area contributed by atoms with Crippen LogP contribution in [-0.2, 0) is 4.79 Å². The third kappa shape index (κ3) is 3.71. The molecular formula is C19H23N3O. The zero-order chi connectivity index (χ0) is 16.1. The molecule has 4 nitrogen and oxygen atoms in total. The van der Waals surface area contributed by atoms with Gasteiger partial charge >= 0.3 is 0 Å². The number of rotatable bonds is 4. The minimum atomic E-state index is -0.267. The monoisotopic (exact) mass is 309 g/mol. The Morgan fingerprint density at radius 1 is 0.957 bits per heavy atom. The lowest BCUT2D eigenvalue weighted by Gasteiger charge is -2.34. The number of amides is 1. The van der Waals surface area contributed by atoms with Crippen LogP contribution in [0.15, 0.2) is 54.6 Å². The number of anilines is 2. The second kappa shape index (κ2) is 7.29. The summed E-state index contributed by atoms with van der Waals surface area (Å²) < 4.78 is 0. The normalized spacial score (nSPS) is 16.7. The van der Waals surface area contributed by atoms with Crippen LogP contribution in [0.25, 0.3) is 0 Å². The highest BCUT2D eigenvalue weighted by Crippen LogP contribution is 2.27. The standard InChI is InChI=1S/C19H23N3O/c20-16-11-5-6-12-17(16)21-19(23)18(15-9-3-1-4-10-15)22-13-7-2-8-14-22/h1,3-6,9-12,18H,2,7-8,13-14,20H2,(H,21,23). The van der Waals surface area contributed by atoms with Crippen LogP contribution in [-0.4, -0.2) is 23.9 Å². The van der Waals surface area contributed by atoms with Gasteiger partial charge in [-0.05, 0) is 43.6 Å². The third-order valence-corrected chi connectivity index (χ3v) is 4.34. The number of nitrogens with two attached hydrogens (primary N) is 1. The Kier molecular flexibility index (Phi) is 4.93. The highest BCUT2D eigenvalue weighted by Gasteiger charge is 2.28. The topological polar surface area (TPSA) is 58.4 Å². The maximum Gasteiger partial charge on any atom is 0.246 e. The van der Waals surface area contributed by atoms with Crippen molar-refractivity contribution in [3.8, 4) is 0 Å². The Morgan fingerprint density at radius 3 is 2.30 bits per heavy atom. The maximum absolute atomic E-state index is 13.0. The van der Waals surface area contributed by atoms with E-state index >= 15 is 0 Å². The van der Waals surface area contributed by atoms with E-state index in [1.54, 1.807) is 6.07 Å². The number of piperidine rings is 1. The number of hydrogen-bond acceptors (Lipinski definition) is 3. The van der Waals surface area contributed by atoms with E-state index in [1.165, 1.54) is 6.42 Å². The number of nitrogen functional groups attached to an aromatic ring is 1. The van der Waals surface area contributed by atoms with Crippen LogP contribution in [0, 0.1) is 0 Å². The van der Waals surface area contributed by atoms with E-state index in [9.17, 15) is 4.79 Å². The zero-order valence-corrected chi connectivity index (χ0v) is 13.2. The van der Waals surface area contributed by atoms with Crippen LogP contribution in [0.3, 0.4) is 0 Å². The molecule has 2 aromatic rings.